The minimum absolute atomic E-state index is 0.186. The lowest BCUT2D eigenvalue weighted by Gasteiger charge is -2.16. The Balaban J connectivity index is 2.63. The van der Waals surface area contributed by atoms with E-state index in [0.717, 1.165) is 0 Å². The molecule has 1 unspecified atom stereocenters. The lowest BCUT2D eigenvalue weighted by Crippen LogP contribution is -2.42. The molecule has 1 aromatic carbocycles. The molecule has 0 amide bonds. The first-order valence-electron chi connectivity index (χ1n) is 4.52. The Hall–Kier alpha value is -1.55. The Kier molecular flexibility index (Phi) is 3.94. The van der Waals surface area contributed by atoms with Gasteiger partial charge in [-0.2, -0.15) is 0 Å². The van der Waals surface area contributed by atoms with E-state index in [-0.39, 0.29) is 6.04 Å². The van der Waals surface area contributed by atoms with E-state index >= 15 is 0 Å². The van der Waals surface area contributed by atoms with Crippen LogP contribution >= 0.6 is 0 Å². The quantitative estimate of drug-likeness (QED) is 0.281. The summed E-state index contributed by atoms with van der Waals surface area (Å²) < 4.78 is 0. The molecule has 0 saturated heterocycles. The first-order chi connectivity index (χ1) is 6.77. The van der Waals surface area contributed by atoms with Gasteiger partial charge in [0.25, 0.3) is 0 Å². The number of benzene rings is 1. The topological polar surface area (TPSA) is 62.4 Å². The van der Waals surface area contributed by atoms with Gasteiger partial charge in [-0.15, -0.1) is 0 Å². The fraction of sp³-hybridized carbons (Fsp3) is 0.300. The second-order valence-electron chi connectivity index (χ2n) is 2.99. The molecule has 4 nitrogen and oxygen atoms in total. The third-order valence-electron chi connectivity index (χ3n) is 2.01. The molecule has 1 aromatic rings. The van der Waals surface area contributed by atoms with Gasteiger partial charge in [-0.05, 0) is 12.5 Å². The number of hydrazine groups is 1. The molecule has 0 bridgehead atoms. The van der Waals surface area contributed by atoms with Crippen molar-refractivity contribution in [3.05, 3.63) is 35.9 Å². The van der Waals surface area contributed by atoms with Crippen LogP contribution in [0.1, 0.15) is 18.5 Å². The highest BCUT2D eigenvalue weighted by molar-refractivity contribution is 5.79. The maximum absolute atomic E-state index is 5.27. The van der Waals surface area contributed by atoms with Crippen molar-refractivity contribution in [3.8, 4) is 0 Å². The first kappa shape index (κ1) is 10.5. The van der Waals surface area contributed by atoms with Gasteiger partial charge in [0, 0.05) is 7.05 Å². The minimum atomic E-state index is 0.186. The van der Waals surface area contributed by atoms with Crippen LogP contribution in [0.2, 0.25) is 0 Å². The Labute approximate surface area is 84.2 Å². The normalized spacial score (nSPS) is 13.5. The van der Waals surface area contributed by atoms with Crippen molar-refractivity contribution in [3.63, 3.8) is 0 Å². The van der Waals surface area contributed by atoms with Crippen LogP contribution in [-0.2, 0) is 0 Å². The van der Waals surface area contributed by atoms with E-state index in [4.69, 9.17) is 5.84 Å². The number of nitrogens with one attached hydrogen (secondary N) is 2. The summed E-state index contributed by atoms with van der Waals surface area (Å²) in [4.78, 5) is 3.94. The zero-order chi connectivity index (χ0) is 10.4. The fourth-order valence-electron chi connectivity index (χ4n) is 1.20. The molecule has 0 fully saturated rings. The van der Waals surface area contributed by atoms with Crippen LogP contribution in [-0.4, -0.2) is 13.0 Å². The second-order valence-corrected chi connectivity index (χ2v) is 2.99. The van der Waals surface area contributed by atoms with E-state index in [1.807, 2.05) is 18.2 Å². The Bertz CT molecular complexity index is 294. The molecule has 0 saturated carbocycles. The SMILES string of the molecule is CN=C(NN)NC(C)c1ccccc1. The van der Waals surface area contributed by atoms with Gasteiger partial charge in [0.15, 0.2) is 0 Å². The highest BCUT2D eigenvalue weighted by atomic mass is 15.3. The van der Waals surface area contributed by atoms with E-state index in [1.165, 1.54) is 5.56 Å². The van der Waals surface area contributed by atoms with Crippen LogP contribution in [0.4, 0.5) is 0 Å². The molecule has 4 N–H and O–H groups in total. The summed E-state index contributed by atoms with van der Waals surface area (Å²) in [5.41, 5.74) is 3.69. The van der Waals surface area contributed by atoms with E-state index in [9.17, 15) is 0 Å². The van der Waals surface area contributed by atoms with Crippen molar-refractivity contribution in [2.75, 3.05) is 7.05 Å². The van der Waals surface area contributed by atoms with Gasteiger partial charge in [-0.1, -0.05) is 30.3 Å². The highest BCUT2D eigenvalue weighted by Gasteiger charge is 2.05. The summed E-state index contributed by atoms with van der Waals surface area (Å²) in [6, 6.07) is 10.3. The van der Waals surface area contributed by atoms with Crippen LogP contribution in [0.3, 0.4) is 0 Å². The van der Waals surface area contributed by atoms with Crippen LogP contribution in [0, 0.1) is 0 Å². The zero-order valence-corrected chi connectivity index (χ0v) is 8.49. The van der Waals surface area contributed by atoms with Gasteiger partial charge in [0.05, 0.1) is 6.04 Å². The number of hydrogen-bond donors (Lipinski definition) is 3. The molecular formula is C10H16N4. The third kappa shape index (κ3) is 2.74. The van der Waals surface area contributed by atoms with Gasteiger partial charge in [0.1, 0.15) is 0 Å². The third-order valence-corrected chi connectivity index (χ3v) is 2.01. The molecule has 0 aliphatic heterocycles. The number of nitrogens with two attached hydrogens (primary N) is 1. The predicted octanol–water partition coefficient (Wildman–Crippen LogP) is 0.786. The summed E-state index contributed by atoms with van der Waals surface area (Å²) in [5, 5.41) is 3.15. The average molecular weight is 192 g/mol. The number of guanidine groups is 1. The van der Waals surface area contributed by atoms with Crippen LogP contribution < -0.4 is 16.6 Å². The second kappa shape index (κ2) is 5.24. The number of hydrogen-bond acceptors (Lipinski definition) is 2. The lowest BCUT2D eigenvalue weighted by molar-refractivity contribution is 0.692. The molecule has 76 valence electrons. The zero-order valence-electron chi connectivity index (χ0n) is 8.49. The van der Waals surface area contributed by atoms with Crippen molar-refractivity contribution >= 4 is 5.96 Å². The fourth-order valence-corrected chi connectivity index (χ4v) is 1.20. The molecule has 1 atom stereocenters. The smallest absolute Gasteiger partial charge is 0.205 e. The van der Waals surface area contributed by atoms with Crippen LogP contribution in [0.15, 0.2) is 35.3 Å². The van der Waals surface area contributed by atoms with Crippen molar-refractivity contribution in [2.45, 2.75) is 13.0 Å². The first-order valence-corrected chi connectivity index (χ1v) is 4.52. The molecule has 0 aliphatic carbocycles. The molecule has 14 heavy (non-hydrogen) atoms. The largest absolute Gasteiger partial charge is 0.349 e. The van der Waals surface area contributed by atoms with E-state index in [1.54, 1.807) is 7.05 Å². The molecule has 1 rings (SSSR count). The van der Waals surface area contributed by atoms with Gasteiger partial charge < -0.3 is 5.32 Å². The average Bonchev–Trinajstić information content (AvgIpc) is 2.26. The Morgan fingerprint density at radius 3 is 2.50 bits per heavy atom. The number of nitrogens with zero attached hydrogens (tertiary/aromatic N) is 1. The number of aliphatic imine (C=N–C) groups is 1. The predicted molar refractivity (Wildman–Crippen MR) is 58.7 cm³/mol. The molecule has 0 aliphatic rings. The molecule has 0 aromatic heterocycles. The van der Waals surface area contributed by atoms with Gasteiger partial charge in [-0.25, -0.2) is 5.84 Å². The summed E-state index contributed by atoms with van der Waals surface area (Å²) >= 11 is 0. The molecule has 0 heterocycles. The van der Waals surface area contributed by atoms with E-state index in [0.29, 0.717) is 5.96 Å². The summed E-state index contributed by atoms with van der Waals surface area (Å²) in [5.74, 6) is 5.85. The standard InChI is InChI=1S/C10H16N4/c1-8(13-10(12-2)14-11)9-6-4-3-5-7-9/h3-8H,11H2,1-2H3,(H2,12,13,14). The Morgan fingerprint density at radius 2 is 2.00 bits per heavy atom. The van der Waals surface area contributed by atoms with Crippen molar-refractivity contribution in [1.29, 1.82) is 0 Å². The van der Waals surface area contributed by atoms with Gasteiger partial charge >= 0.3 is 0 Å². The van der Waals surface area contributed by atoms with Crippen LogP contribution in [0.5, 0.6) is 0 Å². The van der Waals surface area contributed by atoms with Gasteiger partial charge in [-0.3, -0.25) is 10.4 Å². The van der Waals surface area contributed by atoms with Crippen molar-refractivity contribution in [1.82, 2.24) is 10.7 Å². The maximum atomic E-state index is 5.27. The molecule has 0 radical (unpaired) electrons. The summed E-state index contributed by atoms with van der Waals surface area (Å²) in [7, 11) is 1.68. The van der Waals surface area contributed by atoms with Crippen LogP contribution in [0.25, 0.3) is 0 Å². The molecule has 0 spiro atoms. The summed E-state index contributed by atoms with van der Waals surface area (Å²) in [6.07, 6.45) is 0. The highest BCUT2D eigenvalue weighted by Crippen LogP contribution is 2.10. The van der Waals surface area contributed by atoms with Crippen molar-refractivity contribution < 1.29 is 0 Å². The van der Waals surface area contributed by atoms with E-state index in [2.05, 4.69) is 34.8 Å². The summed E-state index contributed by atoms with van der Waals surface area (Å²) in [6.45, 7) is 2.05. The monoisotopic (exact) mass is 192 g/mol. The maximum Gasteiger partial charge on any atom is 0.205 e. The van der Waals surface area contributed by atoms with Gasteiger partial charge in [0.2, 0.25) is 5.96 Å². The minimum Gasteiger partial charge on any atom is -0.349 e. The number of rotatable bonds is 2. The Morgan fingerprint density at radius 1 is 1.36 bits per heavy atom. The molecule has 4 heteroatoms. The molecular weight excluding hydrogens is 176 g/mol. The lowest BCUT2D eigenvalue weighted by atomic mass is 10.1. The van der Waals surface area contributed by atoms with Crippen molar-refractivity contribution in [2.24, 2.45) is 10.8 Å². The van der Waals surface area contributed by atoms with E-state index < -0.39 is 0 Å².